The summed E-state index contributed by atoms with van der Waals surface area (Å²) in [4.78, 5) is 28.3. The predicted octanol–water partition coefficient (Wildman–Crippen LogP) is 4.56. The molecule has 196 valence electrons. The van der Waals surface area contributed by atoms with Crippen molar-refractivity contribution in [3.8, 4) is 0 Å². The van der Waals surface area contributed by atoms with Crippen LogP contribution >= 0.6 is 0 Å². The standard InChI is InChI=1S/C25H47BN2O6/c1-9-31-20(29)25(15-19-28-17-12-13-18-28,27-21(30)32-22(2,3)4)14-10-11-16-26-33-23(5,6)24(7,8)34-26/h9-19H2,1-8H3,(H,27,30). The molecule has 0 aromatic heterocycles. The number of nitrogens with one attached hydrogen (secondary N) is 1. The van der Waals surface area contributed by atoms with E-state index < -0.39 is 23.2 Å². The normalized spacial score (nSPS) is 21.8. The van der Waals surface area contributed by atoms with Gasteiger partial charge in [0.05, 0.1) is 17.8 Å². The summed E-state index contributed by atoms with van der Waals surface area (Å²) in [6, 6.07) is 0. The molecule has 9 heteroatoms. The Bertz CT molecular complexity index is 671. The fourth-order valence-corrected chi connectivity index (χ4v) is 4.45. The van der Waals surface area contributed by atoms with Gasteiger partial charge in [-0.1, -0.05) is 12.8 Å². The van der Waals surface area contributed by atoms with E-state index in [0.717, 1.165) is 38.8 Å². The van der Waals surface area contributed by atoms with Gasteiger partial charge in [-0.3, -0.25) is 0 Å². The van der Waals surface area contributed by atoms with Crippen molar-refractivity contribution >= 4 is 19.2 Å². The summed E-state index contributed by atoms with van der Waals surface area (Å²) in [5, 5.41) is 2.93. The number of carbonyl (C=O) groups excluding carboxylic acids is 2. The molecule has 1 atom stereocenters. The third-order valence-corrected chi connectivity index (χ3v) is 7.06. The van der Waals surface area contributed by atoms with Crippen LogP contribution in [0.15, 0.2) is 0 Å². The molecule has 2 aliphatic heterocycles. The third-order valence-electron chi connectivity index (χ3n) is 7.06. The summed E-state index contributed by atoms with van der Waals surface area (Å²) in [5.74, 6) is -0.393. The highest BCUT2D eigenvalue weighted by Crippen LogP contribution is 2.38. The molecule has 2 rings (SSSR count). The second-order valence-electron chi connectivity index (χ2n) is 11.7. The summed E-state index contributed by atoms with van der Waals surface area (Å²) in [7, 11) is -0.273. The van der Waals surface area contributed by atoms with Crippen LogP contribution in [-0.2, 0) is 23.6 Å². The van der Waals surface area contributed by atoms with Gasteiger partial charge in [-0.05, 0) is 100 Å². The van der Waals surface area contributed by atoms with E-state index in [0.29, 0.717) is 12.8 Å². The fraction of sp³-hybridized carbons (Fsp3) is 0.920. The number of amides is 1. The third kappa shape index (κ3) is 8.13. The Labute approximate surface area is 206 Å². The zero-order valence-electron chi connectivity index (χ0n) is 22.8. The number of hydrogen-bond donors (Lipinski definition) is 1. The Hall–Kier alpha value is -1.32. The number of rotatable bonds is 11. The smallest absolute Gasteiger partial charge is 0.457 e. The van der Waals surface area contributed by atoms with Crippen molar-refractivity contribution in [1.29, 1.82) is 0 Å². The highest BCUT2D eigenvalue weighted by Gasteiger charge is 2.50. The Morgan fingerprint density at radius 2 is 1.59 bits per heavy atom. The van der Waals surface area contributed by atoms with Gasteiger partial charge in [0.25, 0.3) is 0 Å². The van der Waals surface area contributed by atoms with Crippen molar-refractivity contribution in [3.63, 3.8) is 0 Å². The number of esters is 1. The molecule has 0 bridgehead atoms. The Morgan fingerprint density at radius 3 is 2.12 bits per heavy atom. The van der Waals surface area contributed by atoms with Crippen LogP contribution in [0.1, 0.15) is 93.9 Å². The van der Waals surface area contributed by atoms with Gasteiger partial charge in [0.15, 0.2) is 0 Å². The number of ether oxygens (including phenoxy) is 2. The minimum atomic E-state index is -1.13. The van der Waals surface area contributed by atoms with Gasteiger partial charge in [0.1, 0.15) is 11.1 Å². The molecule has 0 radical (unpaired) electrons. The van der Waals surface area contributed by atoms with Gasteiger partial charge < -0.3 is 29.0 Å². The molecule has 1 unspecified atom stereocenters. The minimum absolute atomic E-state index is 0.258. The topological polar surface area (TPSA) is 86.3 Å². The Kier molecular flexibility index (Phi) is 9.88. The van der Waals surface area contributed by atoms with E-state index in [-0.39, 0.29) is 24.9 Å². The second kappa shape index (κ2) is 11.6. The molecule has 8 nitrogen and oxygen atoms in total. The fourth-order valence-electron chi connectivity index (χ4n) is 4.45. The van der Waals surface area contributed by atoms with Crippen LogP contribution in [0.25, 0.3) is 0 Å². The molecule has 0 spiro atoms. The van der Waals surface area contributed by atoms with Gasteiger partial charge in [-0.2, -0.15) is 0 Å². The molecule has 2 fully saturated rings. The number of alkyl carbamates (subject to hydrolysis) is 1. The molecule has 1 N–H and O–H groups in total. The lowest BCUT2D eigenvalue weighted by molar-refractivity contribution is -0.152. The van der Waals surface area contributed by atoms with Crippen LogP contribution in [0.5, 0.6) is 0 Å². The zero-order valence-corrected chi connectivity index (χ0v) is 22.8. The first kappa shape index (κ1) is 28.9. The lowest BCUT2D eigenvalue weighted by atomic mass is 9.80. The van der Waals surface area contributed by atoms with Crippen LogP contribution < -0.4 is 5.32 Å². The van der Waals surface area contributed by atoms with Gasteiger partial charge in [0, 0.05) is 6.54 Å². The van der Waals surface area contributed by atoms with Crippen molar-refractivity contribution in [3.05, 3.63) is 0 Å². The van der Waals surface area contributed by atoms with Crippen molar-refractivity contribution in [2.24, 2.45) is 0 Å². The molecule has 0 aromatic rings. The minimum Gasteiger partial charge on any atom is -0.464 e. The van der Waals surface area contributed by atoms with Crippen molar-refractivity contribution in [2.45, 2.75) is 123 Å². The molecule has 2 heterocycles. The van der Waals surface area contributed by atoms with Crippen molar-refractivity contribution in [1.82, 2.24) is 10.2 Å². The van der Waals surface area contributed by atoms with Gasteiger partial charge in [-0.15, -0.1) is 0 Å². The Balaban J connectivity index is 2.07. The molecule has 0 saturated carbocycles. The largest absolute Gasteiger partial charge is 0.464 e. The quantitative estimate of drug-likeness (QED) is 0.262. The first-order valence-electron chi connectivity index (χ1n) is 13.0. The molecule has 2 saturated heterocycles. The van der Waals surface area contributed by atoms with Crippen LogP contribution in [0.3, 0.4) is 0 Å². The number of likely N-dealkylation sites (tertiary alicyclic amines) is 1. The van der Waals surface area contributed by atoms with Crippen LogP contribution in [-0.4, -0.2) is 72.7 Å². The Morgan fingerprint density at radius 1 is 1.00 bits per heavy atom. The highest BCUT2D eigenvalue weighted by molar-refractivity contribution is 6.45. The molecule has 1 amide bonds. The van der Waals surface area contributed by atoms with E-state index in [9.17, 15) is 9.59 Å². The summed E-state index contributed by atoms with van der Waals surface area (Å²) < 4.78 is 23.2. The number of carbonyl (C=O) groups is 2. The lowest BCUT2D eigenvalue weighted by Crippen LogP contribution is -2.57. The second-order valence-corrected chi connectivity index (χ2v) is 11.7. The van der Waals surface area contributed by atoms with Gasteiger partial charge in [-0.25, -0.2) is 9.59 Å². The van der Waals surface area contributed by atoms with E-state index in [2.05, 4.69) is 10.2 Å². The average Bonchev–Trinajstić information content (AvgIpc) is 3.27. The van der Waals surface area contributed by atoms with E-state index >= 15 is 0 Å². The zero-order chi connectivity index (χ0) is 25.6. The maximum atomic E-state index is 13.2. The van der Waals surface area contributed by atoms with Crippen molar-refractivity contribution < 1.29 is 28.4 Å². The maximum Gasteiger partial charge on any atom is 0.457 e. The molecule has 0 aliphatic carbocycles. The summed E-state index contributed by atoms with van der Waals surface area (Å²) in [5.41, 5.74) is -2.51. The molecule has 2 aliphatic rings. The van der Waals surface area contributed by atoms with Crippen LogP contribution in [0.4, 0.5) is 4.79 Å². The van der Waals surface area contributed by atoms with Gasteiger partial charge in [0.2, 0.25) is 0 Å². The first-order chi connectivity index (χ1) is 15.7. The summed E-state index contributed by atoms with van der Waals surface area (Å²) in [6.07, 6.45) is 4.95. The molecular formula is C25H47BN2O6. The highest BCUT2D eigenvalue weighted by atomic mass is 16.7. The summed E-state index contributed by atoms with van der Waals surface area (Å²) >= 11 is 0. The van der Waals surface area contributed by atoms with Crippen LogP contribution in [0, 0.1) is 0 Å². The van der Waals surface area contributed by atoms with E-state index in [1.165, 1.54) is 12.8 Å². The number of hydrogen-bond acceptors (Lipinski definition) is 7. The van der Waals surface area contributed by atoms with Crippen molar-refractivity contribution in [2.75, 3.05) is 26.2 Å². The van der Waals surface area contributed by atoms with E-state index in [4.69, 9.17) is 18.8 Å². The predicted molar refractivity (Wildman–Crippen MR) is 134 cm³/mol. The van der Waals surface area contributed by atoms with E-state index in [1.54, 1.807) is 6.92 Å². The number of nitrogens with zero attached hydrogens (tertiary/aromatic N) is 1. The average molecular weight is 482 g/mol. The van der Waals surface area contributed by atoms with E-state index in [1.807, 2.05) is 48.5 Å². The SMILES string of the molecule is CCOC(=O)C(CCCCB1OC(C)(C)C(C)(C)O1)(CCN1CCCC1)NC(=O)OC(C)(C)C. The molecule has 0 aromatic carbocycles. The first-order valence-corrected chi connectivity index (χ1v) is 13.0. The maximum absolute atomic E-state index is 13.2. The summed E-state index contributed by atoms with van der Waals surface area (Å²) in [6.45, 7) is 18.4. The molecular weight excluding hydrogens is 435 g/mol. The monoisotopic (exact) mass is 482 g/mol. The lowest BCUT2D eigenvalue weighted by Gasteiger charge is -2.34. The molecule has 34 heavy (non-hydrogen) atoms. The van der Waals surface area contributed by atoms with Crippen LogP contribution in [0.2, 0.25) is 6.32 Å². The number of unbranched alkanes of at least 4 members (excludes halogenated alkanes) is 1. The van der Waals surface area contributed by atoms with Gasteiger partial charge >= 0.3 is 19.2 Å².